The molecule has 0 aliphatic heterocycles. The summed E-state index contributed by atoms with van der Waals surface area (Å²) < 4.78 is 6.13. The van der Waals surface area contributed by atoms with E-state index in [-0.39, 0.29) is 16.5 Å². The lowest BCUT2D eigenvalue weighted by molar-refractivity contribution is -0.119. The van der Waals surface area contributed by atoms with Crippen LogP contribution in [0.2, 0.25) is 18.1 Å². The van der Waals surface area contributed by atoms with E-state index in [1.54, 1.807) is 0 Å². The molecule has 0 fully saturated rings. The van der Waals surface area contributed by atoms with Crippen molar-refractivity contribution in [3.05, 3.63) is 12.2 Å². The van der Waals surface area contributed by atoms with Gasteiger partial charge in [-0.1, -0.05) is 27.4 Å². The van der Waals surface area contributed by atoms with Gasteiger partial charge in [0.15, 0.2) is 8.32 Å². The van der Waals surface area contributed by atoms with Crippen LogP contribution in [0.4, 0.5) is 0 Å². The standard InChI is InChI=1S/C17H35NO2Si/c1-14(15(19)18-16(2,3)4)12-10-11-13-20-21(8,9)17(5,6)7/h1,10-13H2,2-9H3,(H,18,19). The van der Waals surface area contributed by atoms with Crippen molar-refractivity contribution in [2.45, 2.75) is 84.5 Å². The van der Waals surface area contributed by atoms with Crippen molar-refractivity contribution >= 4 is 14.2 Å². The maximum atomic E-state index is 11.9. The molecule has 0 spiro atoms. The molecule has 21 heavy (non-hydrogen) atoms. The van der Waals surface area contributed by atoms with E-state index in [2.05, 4.69) is 45.8 Å². The lowest BCUT2D eigenvalue weighted by Crippen LogP contribution is -2.41. The van der Waals surface area contributed by atoms with Crippen LogP contribution < -0.4 is 5.32 Å². The molecule has 0 bridgehead atoms. The third-order valence-electron chi connectivity index (χ3n) is 3.95. The number of amides is 1. The predicted molar refractivity (Wildman–Crippen MR) is 94.0 cm³/mol. The second kappa shape index (κ2) is 7.59. The predicted octanol–water partition coefficient (Wildman–Crippen LogP) is 4.65. The highest BCUT2D eigenvalue weighted by Crippen LogP contribution is 2.36. The highest BCUT2D eigenvalue weighted by molar-refractivity contribution is 6.74. The van der Waals surface area contributed by atoms with E-state index in [1.165, 1.54) is 0 Å². The fraction of sp³-hybridized carbons (Fsp3) is 0.824. The maximum Gasteiger partial charge on any atom is 0.246 e. The molecule has 0 aliphatic carbocycles. The molecule has 124 valence electrons. The summed E-state index contributed by atoms with van der Waals surface area (Å²) >= 11 is 0. The first-order valence-corrected chi connectivity index (χ1v) is 10.8. The van der Waals surface area contributed by atoms with Gasteiger partial charge in [0.1, 0.15) is 0 Å². The Hall–Kier alpha value is -0.613. The van der Waals surface area contributed by atoms with Gasteiger partial charge in [-0.25, -0.2) is 0 Å². The minimum atomic E-state index is -1.64. The van der Waals surface area contributed by atoms with Crippen molar-refractivity contribution in [1.82, 2.24) is 5.32 Å². The number of nitrogens with one attached hydrogen (secondary N) is 1. The highest BCUT2D eigenvalue weighted by Gasteiger charge is 2.36. The molecule has 0 heterocycles. The third kappa shape index (κ3) is 8.42. The number of hydrogen-bond donors (Lipinski definition) is 1. The first-order chi connectivity index (χ1) is 9.26. The van der Waals surface area contributed by atoms with Gasteiger partial charge in [-0.05, 0) is 58.2 Å². The molecule has 0 radical (unpaired) electrons. The highest BCUT2D eigenvalue weighted by atomic mass is 28.4. The molecule has 0 saturated carbocycles. The average molecular weight is 314 g/mol. The summed E-state index contributed by atoms with van der Waals surface area (Å²) in [5, 5.41) is 3.19. The van der Waals surface area contributed by atoms with Gasteiger partial charge in [0, 0.05) is 17.7 Å². The van der Waals surface area contributed by atoms with Gasteiger partial charge in [0.2, 0.25) is 5.91 Å². The normalized spacial score (nSPS) is 13.1. The Morgan fingerprint density at radius 2 is 1.62 bits per heavy atom. The molecule has 1 amide bonds. The summed E-state index contributed by atoms with van der Waals surface area (Å²) in [7, 11) is -1.64. The van der Waals surface area contributed by atoms with Gasteiger partial charge in [-0.2, -0.15) is 0 Å². The Morgan fingerprint density at radius 1 is 1.10 bits per heavy atom. The van der Waals surface area contributed by atoms with Crippen molar-refractivity contribution in [3.63, 3.8) is 0 Å². The second-order valence-electron chi connectivity index (χ2n) is 8.37. The zero-order valence-corrected chi connectivity index (χ0v) is 16.4. The van der Waals surface area contributed by atoms with Gasteiger partial charge in [-0.3, -0.25) is 4.79 Å². The zero-order valence-electron chi connectivity index (χ0n) is 15.4. The van der Waals surface area contributed by atoms with Crippen LogP contribution in [-0.2, 0) is 9.22 Å². The van der Waals surface area contributed by atoms with Crippen molar-refractivity contribution in [2.75, 3.05) is 6.61 Å². The van der Waals surface area contributed by atoms with Crippen molar-refractivity contribution in [2.24, 2.45) is 0 Å². The second-order valence-corrected chi connectivity index (χ2v) is 13.2. The Labute approximate surface area is 132 Å². The summed E-state index contributed by atoms with van der Waals surface area (Å²) in [6.07, 6.45) is 2.67. The summed E-state index contributed by atoms with van der Waals surface area (Å²) in [6, 6.07) is 0. The Morgan fingerprint density at radius 3 is 2.05 bits per heavy atom. The molecule has 4 heteroatoms. The first kappa shape index (κ1) is 20.4. The van der Waals surface area contributed by atoms with Crippen LogP contribution in [0.15, 0.2) is 12.2 Å². The lowest BCUT2D eigenvalue weighted by Gasteiger charge is -2.36. The Kier molecular flexibility index (Phi) is 7.37. The minimum Gasteiger partial charge on any atom is -0.417 e. The Balaban J connectivity index is 3.97. The van der Waals surface area contributed by atoms with Crippen molar-refractivity contribution in [1.29, 1.82) is 0 Å². The molecule has 1 N–H and O–H groups in total. The van der Waals surface area contributed by atoms with Gasteiger partial charge in [0.25, 0.3) is 0 Å². The fourth-order valence-corrected chi connectivity index (χ4v) is 2.61. The molecule has 0 saturated heterocycles. The van der Waals surface area contributed by atoms with Crippen LogP contribution in [0.1, 0.15) is 60.8 Å². The Bertz CT molecular complexity index is 362. The van der Waals surface area contributed by atoms with Gasteiger partial charge in [0.05, 0.1) is 0 Å². The molecule has 3 nitrogen and oxygen atoms in total. The van der Waals surface area contributed by atoms with Crippen LogP contribution in [0.5, 0.6) is 0 Å². The van der Waals surface area contributed by atoms with E-state index in [0.717, 1.165) is 25.9 Å². The molecule has 0 aromatic heterocycles. The molecule has 0 rings (SSSR count). The smallest absolute Gasteiger partial charge is 0.246 e. The van der Waals surface area contributed by atoms with Crippen LogP contribution in [-0.4, -0.2) is 26.4 Å². The van der Waals surface area contributed by atoms with Gasteiger partial charge in [-0.15, -0.1) is 0 Å². The van der Waals surface area contributed by atoms with Gasteiger partial charge < -0.3 is 9.74 Å². The van der Waals surface area contributed by atoms with E-state index in [4.69, 9.17) is 4.43 Å². The molecule has 0 unspecified atom stereocenters. The number of carbonyl (C=O) groups excluding carboxylic acids is 1. The maximum absolute atomic E-state index is 11.9. The lowest BCUT2D eigenvalue weighted by atomic mass is 10.1. The summed E-state index contributed by atoms with van der Waals surface area (Å²) in [6.45, 7) is 21.9. The van der Waals surface area contributed by atoms with Gasteiger partial charge >= 0.3 is 0 Å². The van der Waals surface area contributed by atoms with E-state index >= 15 is 0 Å². The monoisotopic (exact) mass is 313 g/mol. The summed E-state index contributed by atoms with van der Waals surface area (Å²) in [4.78, 5) is 11.9. The zero-order chi connectivity index (χ0) is 16.9. The molecular formula is C17H35NO2Si. The fourth-order valence-electron chi connectivity index (χ4n) is 1.53. The first-order valence-electron chi connectivity index (χ1n) is 7.90. The quantitative estimate of drug-likeness (QED) is 0.422. The number of carbonyl (C=O) groups is 1. The number of rotatable bonds is 7. The molecular weight excluding hydrogens is 278 g/mol. The SMILES string of the molecule is C=C(CCCCO[Si](C)(C)C(C)(C)C)C(=O)NC(C)(C)C. The molecule has 0 aromatic carbocycles. The van der Waals surface area contributed by atoms with E-state index < -0.39 is 8.32 Å². The third-order valence-corrected chi connectivity index (χ3v) is 8.49. The largest absolute Gasteiger partial charge is 0.417 e. The van der Waals surface area contributed by atoms with Crippen molar-refractivity contribution in [3.8, 4) is 0 Å². The van der Waals surface area contributed by atoms with E-state index in [0.29, 0.717) is 5.57 Å². The molecule has 0 aromatic rings. The molecule has 0 atom stereocenters. The number of unbranched alkanes of at least 4 members (excludes halogenated alkanes) is 1. The van der Waals surface area contributed by atoms with Crippen LogP contribution in [0, 0.1) is 0 Å². The summed E-state index contributed by atoms with van der Waals surface area (Å²) in [5.41, 5.74) is 0.461. The summed E-state index contributed by atoms with van der Waals surface area (Å²) in [5.74, 6) is -0.0344. The van der Waals surface area contributed by atoms with Crippen LogP contribution >= 0.6 is 0 Å². The van der Waals surface area contributed by atoms with E-state index in [9.17, 15) is 4.79 Å². The van der Waals surface area contributed by atoms with Crippen molar-refractivity contribution < 1.29 is 9.22 Å². The van der Waals surface area contributed by atoms with E-state index in [1.807, 2.05) is 20.8 Å². The number of hydrogen-bond acceptors (Lipinski definition) is 2. The molecule has 0 aliphatic rings. The topological polar surface area (TPSA) is 38.3 Å². The average Bonchev–Trinajstić information content (AvgIpc) is 2.24. The van der Waals surface area contributed by atoms with Crippen LogP contribution in [0.3, 0.4) is 0 Å². The minimum absolute atomic E-state index is 0.0344. The van der Waals surface area contributed by atoms with Crippen LogP contribution in [0.25, 0.3) is 0 Å².